The van der Waals surface area contributed by atoms with Crippen molar-refractivity contribution in [2.24, 2.45) is 10.2 Å². The normalized spacial score (nSPS) is 12.4. The lowest BCUT2D eigenvalue weighted by atomic mass is 10.1. The van der Waals surface area contributed by atoms with E-state index in [1.54, 1.807) is 42.5 Å². The lowest BCUT2D eigenvalue weighted by Gasteiger charge is -2.15. The number of hydrogen-bond acceptors (Lipinski definition) is 14. The van der Waals surface area contributed by atoms with Crippen LogP contribution in [0.25, 0.3) is 21.5 Å². The molecule has 0 bridgehead atoms. The Kier molecular flexibility index (Phi) is 9.22. The highest BCUT2D eigenvalue weighted by Crippen LogP contribution is 2.46. The number of sulfonamides is 1. The Morgan fingerprint density at radius 3 is 2.08 bits per heavy atom. The predicted octanol–water partition coefficient (Wildman–Crippen LogP) is 6.30. The average Bonchev–Trinajstić information content (AvgIpc) is 3.02. The lowest BCUT2D eigenvalue weighted by molar-refractivity contribution is 0.472. The summed E-state index contributed by atoms with van der Waals surface area (Å²) in [5, 5.41) is 25.7. The number of aromatic hydroxyl groups is 1. The zero-order chi connectivity index (χ0) is 36.7. The van der Waals surface area contributed by atoms with Gasteiger partial charge < -0.3 is 15.7 Å². The molecule has 6 rings (SSSR count). The van der Waals surface area contributed by atoms with Crippen molar-refractivity contribution in [2.75, 3.05) is 21.6 Å². The lowest BCUT2D eigenvalue weighted by Crippen LogP contribution is -2.09. The summed E-state index contributed by atoms with van der Waals surface area (Å²) in [5.74, 6) is -1.34. The molecule has 0 amide bonds. The molecule has 6 N–H and O–H groups in total. The summed E-state index contributed by atoms with van der Waals surface area (Å²) >= 11 is 6.15. The van der Waals surface area contributed by atoms with Crippen LogP contribution in [-0.4, -0.2) is 60.7 Å². The van der Waals surface area contributed by atoms with Gasteiger partial charge in [0.2, 0.25) is 27.2 Å². The van der Waals surface area contributed by atoms with E-state index in [4.69, 9.17) is 11.6 Å². The second-order valence-electron chi connectivity index (χ2n) is 10.7. The van der Waals surface area contributed by atoms with E-state index in [2.05, 4.69) is 40.5 Å². The Morgan fingerprint density at radius 1 is 0.706 bits per heavy atom. The van der Waals surface area contributed by atoms with Crippen LogP contribution in [0.5, 0.6) is 5.75 Å². The maximum absolute atomic E-state index is 12.5. The fourth-order valence-corrected chi connectivity index (χ4v) is 6.90. The van der Waals surface area contributed by atoms with Gasteiger partial charge in [-0.05, 0) is 64.8 Å². The number of nitrogens with zero attached hydrogens (tertiary/aromatic N) is 5. The van der Waals surface area contributed by atoms with Crippen molar-refractivity contribution in [3.63, 3.8) is 0 Å². The number of aromatic nitrogens is 3. The van der Waals surface area contributed by atoms with E-state index >= 15 is 0 Å². The van der Waals surface area contributed by atoms with E-state index in [1.807, 2.05) is 12.1 Å². The molecule has 0 saturated heterocycles. The number of rotatable bonds is 10. The van der Waals surface area contributed by atoms with E-state index in [1.165, 1.54) is 12.1 Å². The van der Waals surface area contributed by atoms with Crippen molar-refractivity contribution >= 4 is 104 Å². The van der Waals surface area contributed by atoms with Crippen LogP contribution in [0.3, 0.4) is 0 Å². The van der Waals surface area contributed by atoms with Gasteiger partial charge in [-0.3, -0.25) is 13.8 Å². The van der Waals surface area contributed by atoms with Crippen molar-refractivity contribution in [2.45, 2.75) is 9.79 Å². The van der Waals surface area contributed by atoms with Gasteiger partial charge >= 0.3 is 0 Å². The summed E-state index contributed by atoms with van der Waals surface area (Å²) in [6.07, 6.45) is 0.982. The molecule has 17 nitrogen and oxygen atoms in total. The van der Waals surface area contributed by atoms with Crippen molar-refractivity contribution < 1.29 is 39.5 Å². The first kappa shape index (κ1) is 35.3. The second kappa shape index (κ2) is 13.3. The third-order valence-corrected chi connectivity index (χ3v) is 9.47. The van der Waals surface area contributed by atoms with E-state index in [0.717, 1.165) is 29.8 Å². The van der Waals surface area contributed by atoms with Crippen LogP contribution >= 0.6 is 11.6 Å². The molecule has 5 aromatic carbocycles. The monoisotopic (exact) mass is 770 g/mol. The third-order valence-electron chi connectivity index (χ3n) is 7.00. The minimum absolute atomic E-state index is 0.160. The van der Waals surface area contributed by atoms with Crippen molar-refractivity contribution in [1.29, 1.82) is 0 Å². The van der Waals surface area contributed by atoms with Gasteiger partial charge in [0.05, 0.1) is 28.2 Å². The van der Waals surface area contributed by atoms with Gasteiger partial charge in [-0.25, -0.2) is 8.42 Å². The molecular formula is C30H23ClN8O9S3. The number of fused-ring (bicyclic) bond motifs is 2. The zero-order valence-electron chi connectivity index (χ0n) is 25.7. The molecule has 51 heavy (non-hydrogen) atoms. The minimum atomic E-state index is -5.11. The summed E-state index contributed by atoms with van der Waals surface area (Å²) in [4.78, 5) is 10.5. The fraction of sp³-hybridized carbons (Fsp3) is 0.0333. The van der Waals surface area contributed by atoms with Gasteiger partial charge in [-0.2, -0.15) is 31.8 Å². The summed E-state index contributed by atoms with van der Waals surface area (Å²) in [6, 6.07) is 20.9. The van der Waals surface area contributed by atoms with E-state index in [0.29, 0.717) is 16.8 Å². The molecule has 0 aliphatic rings. The van der Waals surface area contributed by atoms with Crippen molar-refractivity contribution in [1.82, 2.24) is 15.0 Å². The van der Waals surface area contributed by atoms with Gasteiger partial charge in [-0.1, -0.05) is 42.5 Å². The largest absolute Gasteiger partial charge is 0.505 e. The molecule has 1 heterocycles. The van der Waals surface area contributed by atoms with Gasteiger partial charge in [-0.15, -0.1) is 10.2 Å². The Bertz CT molecular complexity index is 2750. The molecular weight excluding hydrogens is 748 g/mol. The minimum Gasteiger partial charge on any atom is -0.505 e. The molecule has 0 saturated carbocycles. The summed E-state index contributed by atoms with van der Waals surface area (Å²) in [6.45, 7) is 0. The van der Waals surface area contributed by atoms with E-state index in [-0.39, 0.29) is 39.3 Å². The summed E-state index contributed by atoms with van der Waals surface area (Å²) in [7, 11) is -13.6. The number of hydrogen-bond donors (Lipinski definition) is 6. The van der Waals surface area contributed by atoms with Crippen LogP contribution in [0.15, 0.2) is 105 Å². The molecule has 0 aliphatic carbocycles. The first-order valence-electron chi connectivity index (χ1n) is 14.2. The Labute approximate surface area is 294 Å². The predicted molar refractivity (Wildman–Crippen MR) is 190 cm³/mol. The van der Waals surface area contributed by atoms with Gasteiger partial charge in [0.1, 0.15) is 10.6 Å². The van der Waals surface area contributed by atoms with E-state index in [9.17, 15) is 39.5 Å². The molecule has 0 radical (unpaired) electrons. The van der Waals surface area contributed by atoms with Crippen molar-refractivity contribution in [3.8, 4) is 5.75 Å². The summed E-state index contributed by atoms with van der Waals surface area (Å²) in [5.41, 5.74) is -0.130. The maximum Gasteiger partial charge on any atom is 0.296 e. The van der Waals surface area contributed by atoms with Crippen LogP contribution in [0.2, 0.25) is 5.28 Å². The van der Waals surface area contributed by atoms with E-state index < -0.39 is 51.5 Å². The number of phenolic OH excluding ortho intramolecular Hbond substituents is 1. The second-order valence-corrected chi connectivity index (χ2v) is 15.6. The topological polar surface area (TPSA) is 263 Å². The van der Waals surface area contributed by atoms with Gasteiger partial charge in [0.15, 0.2) is 5.75 Å². The zero-order valence-corrected chi connectivity index (χ0v) is 28.9. The van der Waals surface area contributed by atoms with Crippen LogP contribution in [-0.2, 0) is 30.3 Å². The number of nitrogens with one attached hydrogen (secondary N) is 3. The van der Waals surface area contributed by atoms with Crippen LogP contribution < -0.4 is 15.4 Å². The molecule has 21 heteroatoms. The molecule has 0 unspecified atom stereocenters. The van der Waals surface area contributed by atoms with Crippen LogP contribution in [0.1, 0.15) is 0 Å². The van der Waals surface area contributed by atoms with Crippen molar-refractivity contribution in [3.05, 3.63) is 90.2 Å². The number of benzene rings is 5. The van der Waals surface area contributed by atoms with Crippen LogP contribution in [0.4, 0.5) is 40.3 Å². The number of anilines is 5. The highest BCUT2D eigenvalue weighted by Gasteiger charge is 2.26. The highest BCUT2D eigenvalue weighted by molar-refractivity contribution is 7.92. The molecule has 6 aromatic rings. The molecule has 0 fully saturated rings. The number of phenols is 1. The Morgan fingerprint density at radius 2 is 1.37 bits per heavy atom. The highest BCUT2D eigenvalue weighted by atomic mass is 35.5. The third kappa shape index (κ3) is 8.11. The number of azo groups is 1. The quantitative estimate of drug-likeness (QED) is 0.0659. The first-order valence-corrected chi connectivity index (χ1v) is 19.3. The SMILES string of the molecule is CS(=O)(=O)Nc1cccc(Nc2nc(Cl)nc(Nc3cc(S(=O)(=O)O)cc4cc(S(=O)(=O)O)c(N=Nc5cccc6ccccc56)c(O)c34)n2)c1. The molecule has 0 aliphatic heterocycles. The molecule has 1 aromatic heterocycles. The molecule has 262 valence electrons. The molecule has 0 atom stereocenters. The van der Waals surface area contributed by atoms with Gasteiger partial charge in [0, 0.05) is 16.5 Å². The van der Waals surface area contributed by atoms with Crippen LogP contribution in [0, 0.1) is 0 Å². The number of halogens is 1. The maximum atomic E-state index is 12.5. The Hall–Kier alpha value is -5.51. The Balaban J connectivity index is 1.49. The fourth-order valence-electron chi connectivity index (χ4n) is 4.99. The smallest absolute Gasteiger partial charge is 0.296 e. The molecule has 0 spiro atoms. The van der Waals surface area contributed by atoms with Gasteiger partial charge in [0.25, 0.3) is 20.2 Å². The first-order chi connectivity index (χ1) is 23.9. The standard InChI is InChI=1S/C30H23ClN8O9S3/c1-49(41,42)39-19-9-5-8-18(14-19)32-29-34-28(31)35-30(36-29)33-23-15-20(50(43,44)45)12-17-13-24(51(46,47)48)26(27(40)25(17)23)38-37-22-11-4-7-16-6-2-3-10-21(16)22/h2-15,39-40H,1H3,(H,43,44,45)(H,46,47,48)(H2,32,33,34,35,36). The average molecular weight is 771 g/mol. The summed E-state index contributed by atoms with van der Waals surface area (Å²) < 4.78 is 95.2.